The number of Topliss-reactive ketones (excluding diaryl/α,β-unsaturated/α-hetero) is 3. The molecule has 140 heavy (non-hydrogen) atoms. The summed E-state index contributed by atoms with van der Waals surface area (Å²) in [7, 11) is 0. The Labute approximate surface area is 823 Å². The van der Waals surface area contributed by atoms with Crippen LogP contribution < -0.4 is 59.3 Å². The first-order valence-corrected chi connectivity index (χ1v) is 44.7. The molecule has 31 heteroatoms. The number of aliphatic hydroxyl groups is 2. The normalized spacial score (nSPS) is 11.4. The molecule has 0 amide bonds. The zero-order valence-corrected chi connectivity index (χ0v) is 82.4. The van der Waals surface area contributed by atoms with Gasteiger partial charge in [0.05, 0.1) is 73.9 Å². The summed E-state index contributed by atoms with van der Waals surface area (Å²) in [6, 6.07) is 26.3. The summed E-state index contributed by atoms with van der Waals surface area (Å²) in [6.45, 7) is 42.4. The standard InChI is InChI=1S/2C18H14O6.C16H14O2S.C15H12O3S.C15H16O3S.C14H12O3S.C13H10O3S/c1-7-4-12-17(23)11-5-10(8(2)19)13(21)6-14(11)24-18(12)15(9(3)20)16(7)22;1-7-6-11-16(23)10-4-5-12(21)13(8(2)19)17(10)24-18(11)14(9(3)20)15(7)22;1-4-5-6-11-7-8-13-12(9-11)14(17)16(19)15(18-13)10(2)3;1-4-10-12(5-2)18-14-8(3)15(19)9(7-16)6-11(14)13(10)17;1-3-4-5-12(16)10-6-7-11-13(8-10)18-9(2)15(19)14(11)17;1-4-9-5-11(16)12-7(2)10(6-15)14(18)8(3)13(12)17-9;1-3-9(14)12-13(17)11(15)8-6-7(2)4-5-10(8)16-12/h4-6,19,23H,1-3H3;4-6,20,23H,1-3H3;4-9,19H,1-2H2,3H3;4-7,19H,1-2H2,3H3;6-8,19H,3-5H2,1-2H3;4-6,18H,1H2,2-3H3;3-6,17H,1H2,2H3/b;;6-5+;;;;. The quantitative estimate of drug-likeness (QED) is 0.0108. The summed E-state index contributed by atoms with van der Waals surface area (Å²) >= 11 is 21.0. The average Bonchev–Trinajstić information content (AvgIpc) is 0.733. The van der Waals surface area contributed by atoms with Gasteiger partial charge in [0, 0.05) is 56.2 Å². The Kier molecular flexibility index (Phi) is 34.0. The third kappa shape index (κ3) is 21.7. The Balaban J connectivity index is 0.000000169. The number of carbonyl (C=O) groups excluding carboxylic acids is 6. The number of hydrogen-bond donors (Lipinski definition) is 9. The van der Waals surface area contributed by atoms with Gasteiger partial charge in [0.2, 0.25) is 27.5 Å². The molecule has 0 aliphatic carbocycles. The number of benzene rings is 9. The third-order valence-corrected chi connectivity index (χ3v) is 24.7. The zero-order valence-electron chi connectivity index (χ0n) is 77.9. The lowest BCUT2D eigenvalue weighted by Gasteiger charge is -2.11. The first-order chi connectivity index (χ1) is 66.1. The lowest BCUT2D eigenvalue weighted by atomic mass is 10.00. The summed E-state index contributed by atoms with van der Waals surface area (Å²) in [5.74, 6) is -0.672. The Bertz CT molecular complexity index is 8850. The van der Waals surface area contributed by atoms with E-state index in [-0.39, 0.29) is 132 Å². The van der Waals surface area contributed by atoms with Crippen LogP contribution in [0.2, 0.25) is 0 Å². The summed E-state index contributed by atoms with van der Waals surface area (Å²) in [4.78, 5) is 180. The maximum Gasteiger partial charge on any atom is 0.221 e. The lowest BCUT2D eigenvalue weighted by molar-refractivity contribution is 0.0976. The molecule has 0 spiro atoms. The second-order valence-electron chi connectivity index (χ2n) is 32.0. The lowest BCUT2D eigenvalue weighted by Crippen LogP contribution is -2.29. The number of aryl methyl sites for hydroxylation is 7. The molecule has 0 fully saturated rings. The van der Waals surface area contributed by atoms with Crippen LogP contribution >= 0.6 is 63.1 Å². The molecule has 0 bridgehead atoms. The van der Waals surface area contributed by atoms with Gasteiger partial charge in [0.25, 0.3) is 0 Å². The molecule has 0 aliphatic rings. The average molecular weight is 1980 g/mol. The smallest absolute Gasteiger partial charge is 0.221 e. The van der Waals surface area contributed by atoms with Crippen LogP contribution in [0, 0.1) is 48.5 Å². The predicted octanol–water partition coefficient (Wildman–Crippen LogP) is 21.3. The highest BCUT2D eigenvalue weighted by molar-refractivity contribution is 7.81. The van der Waals surface area contributed by atoms with Crippen LogP contribution in [-0.2, 0) is 0 Å². The highest BCUT2D eigenvalue weighted by atomic mass is 32.1. The largest absolute Gasteiger partial charge is 0.512 e. The molecule has 7 heterocycles. The summed E-state index contributed by atoms with van der Waals surface area (Å²) in [6.07, 6.45) is 14.6. The maximum atomic E-state index is 12.4. The van der Waals surface area contributed by atoms with E-state index < -0.39 is 39.1 Å². The number of aliphatic hydroxyl groups excluding tert-OH is 2. The Morgan fingerprint density at radius 2 is 1.01 bits per heavy atom. The Morgan fingerprint density at radius 1 is 0.436 bits per heavy atom. The van der Waals surface area contributed by atoms with Gasteiger partial charge in [0.1, 0.15) is 95.9 Å². The van der Waals surface area contributed by atoms with Crippen LogP contribution in [0.5, 0.6) is 11.5 Å². The molecule has 16 rings (SSSR count). The van der Waals surface area contributed by atoms with Gasteiger partial charge in [-0.3, -0.25) is 71.9 Å². The Hall–Kier alpha value is -15.5. The van der Waals surface area contributed by atoms with Crippen molar-refractivity contribution < 1.29 is 80.1 Å². The SMILES string of the molecule is C=C/C=C/c1ccc2oc(C(=C)C)c(S)c(=O)c2c1.C=CC(=O)c1oc2ccc(C)cc2c(=O)c1S.C=Cc1cc(=O)c2c(C)c(C=O)c(S)c(C)c2o1.C=Cc1oc2c(C)c(S)c(C=O)cc2c(=O)c1C=C.CC(=O)c1c(=O)c(C)cc2c(O)c3cc(=C(C)O)c(=O)cc3oc12.CC(=O)c1c(=O)ccc2c(O)c3cc(C)c(=O)c(=C(C)O)c3oc12.CCCCC(=O)c1ccc2c(=O)c(S)c(C)oc2c1. The second-order valence-corrected chi connectivity index (χ2v) is 34.2. The summed E-state index contributed by atoms with van der Waals surface area (Å²) < 4.78 is 39.1. The number of carbonyl (C=O) groups is 6. The molecule has 0 aliphatic heterocycles. The van der Waals surface area contributed by atoms with Crippen LogP contribution in [0.4, 0.5) is 0 Å². The highest BCUT2D eigenvalue weighted by Gasteiger charge is 2.26. The number of rotatable bonds is 16. The van der Waals surface area contributed by atoms with Crippen molar-refractivity contribution in [2.24, 2.45) is 0 Å². The van der Waals surface area contributed by atoms with Crippen molar-refractivity contribution in [3.05, 3.63) is 364 Å². The number of allylic oxidation sites excluding steroid dienone is 4. The molecule has 9 aromatic carbocycles. The van der Waals surface area contributed by atoms with Crippen molar-refractivity contribution in [2.75, 3.05) is 0 Å². The molecule has 0 saturated heterocycles. The van der Waals surface area contributed by atoms with Gasteiger partial charge in [-0.25, -0.2) is 0 Å². The van der Waals surface area contributed by atoms with Crippen molar-refractivity contribution in [1.82, 2.24) is 0 Å². The molecule has 0 atom stereocenters. The van der Waals surface area contributed by atoms with E-state index in [0.29, 0.717) is 172 Å². The Morgan fingerprint density at radius 3 is 1.59 bits per heavy atom. The van der Waals surface area contributed by atoms with Gasteiger partial charge >= 0.3 is 0 Å². The van der Waals surface area contributed by atoms with Gasteiger partial charge in [-0.05, 0) is 208 Å². The minimum atomic E-state index is -0.543. The zero-order chi connectivity index (χ0) is 104. The minimum Gasteiger partial charge on any atom is -0.512 e. The monoisotopic (exact) mass is 1980 g/mol. The van der Waals surface area contributed by atoms with Gasteiger partial charge in [-0.2, -0.15) is 0 Å². The van der Waals surface area contributed by atoms with E-state index in [2.05, 4.69) is 103 Å². The van der Waals surface area contributed by atoms with E-state index in [0.717, 1.165) is 36.1 Å². The number of aromatic hydroxyl groups is 2. The molecule has 0 unspecified atom stereocenters. The number of fused-ring (bicyclic) bond motifs is 9. The van der Waals surface area contributed by atoms with Crippen molar-refractivity contribution in [3.8, 4) is 11.5 Å². The van der Waals surface area contributed by atoms with E-state index in [1.807, 2.05) is 38.1 Å². The van der Waals surface area contributed by atoms with Crippen LogP contribution in [0.25, 0.3) is 140 Å². The molecule has 714 valence electrons. The van der Waals surface area contributed by atoms with Gasteiger partial charge in [-0.1, -0.05) is 101 Å². The van der Waals surface area contributed by atoms with Crippen molar-refractivity contribution in [3.63, 3.8) is 0 Å². The fraction of sp³-hybridized carbons (Fsp3) is 0.147. The van der Waals surface area contributed by atoms with Crippen molar-refractivity contribution >= 4 is 239 Å². The molecule has 26 nitrogen and oxygen atoms in total. The first-order valence-electron chi connectivity index (χ1n) is 42.5. The number of unbranched alkanes of at least 4 members (excludes halogenated alkanes) is 1. The summed E-state index contributed by atoms with van der Waals surface area (Å²) in [5.41, 5.74) is 5.51. The number of hydrogen-bond acceptors (Lipinski definition) is 31. The molecular weight excluding hydrogens is 1890 g/mol. The van der Waals surface area contributed by atoms with Crippen LogP contribution in [0.1, 0.15) is 191 Å². The van der Waals surface area contributed by atoms with Crippen molar-refractivity contribution in [2.45, 2.75) is 134 Å². The predicted molar refractivity (Wildman–Crippen MR) is 565 cm³/mol. The van der Waals surface area contributed by atoms with E-state index in [4.69, 9.17) is 30.9 Å². The summed E-state index contributed by atoms with van der Waals surface area (Å²) in [5, 5.41) is 43.5. The van der Waals surface area contributed by atoms with Crippen LogP contribution in [0.3, 0.4) is 0 Å². The van der Waals surface area contributed by atoms with Crippen LogP contribution in [0.15, 0.2) is 259 Å². The van der Waals surface area contributed by atoms with E-state index >= 15 is 0 Å². The number of thiol groups is 5. The topological polar surface area (TPSA) is 429 Å². The second kappa shape index (κ2) is 44.7. The molecule has 16 aromatic rings. The fourth-order valence-corrected chi connectivity index (χ4v) is 16.2. The maximum absolute atomic E-state index is 12.4. The van der Waals surface area contributed by atoms with E-state index in [1.54, 1.807) is 90.1 Å². The van der Waals surface area contributed by atoms with Gasteiger partial charge in [-0.15, -0.1) is 63.1 Å². The number of aldehydes is 2. The number of ketones is 4. The van der Waals surface area contributed by atoms with Crippen molar-refractivity contribution in [1.29, 1.82) is 0 Å². The van der Waals surface area contributed by atoms with E-state index in [1.165, 1.54) is 95.3 Å². The first kappa shape index (κ1) is 107. The molecular formula is C109H92O26S5. The van der Waals surface area contributed by atoms with E-state index in [9.17, 15) is 92.3 Å². The molecule has 0 saturated carbocycles. The molecule has 4 N–H and O–H groups in total. The minimum absolute atomic E-state index is 0.0213. The highest BCUT2D eigenvalue weighted by Crippen LogP contribution is 2.38. The van der Waals surface area contributed by atoms with Gasteiger partial charge < -0.3 is 51.3 Å². The fourth-order valence-electron chi connectivity index (χ4n) is 14.8. The molecule has 0 radical (unpaired) electrons. The van der Waals surface area contributed by atoms with Crippen LogP contribution in [-0.4, -0.2) is 56.1 Å². The third-order valence-electron chi connectivity index (χ3n) is 22.2. The molecule has 7 aromatic heterocycles. The van der Waals surface area contributed by atoms with Gasteiger partial charge in [0.15, 0.2) is 79.6 Å².